The van der Waals surface area contributed by atoms with Gasteiger partial charge >= 0.3 is 6.36 Å². The predicted molar refractivity (Wildman–Crippen MR) is 58.6 cm³/mol. The average Bonchev–Trinajstić information content (AvgIpc) is 2.63. The molecule has 0 spiro atoms. The van der Waals surface area contributed by atoms with Crippen LogP contribution in [0.3, 0.4) is 0 Å². The molecule has 0 radical (unpaired) electrons. The number of alkyl halides is 3. The number of hydrogen-bond acceptors (Lipinski definition) is 4. The van der Waals surface area contributed by atoms with Crippen molar-refractivity contribution in [3.8, 4) is 17.0 Å². The molecule has 0 fully saturated rings. The zero-order valence-electron chi connectivity index (χ0n) is 8.74. The van der Waals surface area contributed by atoms with Crippen molar-refractivity contribution in [3.05, 3.63) is 29.6 Å². The average molecular weight is 340 g/mol. The largest absolute Gasteiger partial charge is 1.00 e. The van der Waals surface area contributed by atoms with Crippen molar-refractivity contribution in [2.24, 2.45) is 0 Å². The Bertz CT molecular complexity index is 513. The van der Waals surface area contributed by atoms with Crippen LogP contribution in [-0.2, 0) is 0 Å². The van der Waals surface area contributed by atoms with Gasteiger partial charge in [0.1, 0.15) is 5.75 Å². The van der Waals surface area contributed by atoms with E-state index >= 15 is 0 Å². The Morgan fingerprint density at radius 1 is 1.17 bits per heavy atom. The Balaban J connectivity index is 0.00000162. The van der Waals surface area contributed by atoms with E-state index in [0.717, 1.165) is 0 Å². The summed E-state index contributed by atoms with van der Waals surface area (Å²) in [6.07, 6.45) is -4.67. The van der Waals surface area contributed by atoms with Gasteiger partial charge in [0, 0.05) is 10.9 Å². The van der Waals surface area contributed by atoms with E-state index in [-0.39, 0.29) is 22.7 Å². The summed E-state index contributed by atoms with van der Waals surface area (Å²) in [6.45, 7) is 0. The molecule has 0 unspecified atom stereocenters. The minimum absolute atomic E-state index is 0. The Morgan fingerprint density at radius 3 is 2.22 bits per heavy atom. The maximum absolute atomic E-state index is 11.9. The smallest absolute Gasteiger partial charge is 0.573 e. The van der Waals surface area contributed by atoms with E-state index in [2.05, 4.69) is 9.72 Å². The summed E-state index contributed by atoms with van der Waals surface area (Å²) in [6, 6.07) is 5.46. The third-order valence-corrected chi connectivity index (χ3v) is 2.58. The van der Waals surface area contributed by atoms with E-state index in [4.69, 9.17) is 5.73 Å². The Kier molecular flexibility index (Phi) is 4.58. The number of rotatable bonds is 2. The van der Waals surface area contributed by atoms with Gasteiger partial charge in [-0.25, -0.2) is 4.98 Å². The number of benzene rings is 1. The molecule has 0 aliphatic rings. The van der Waals surface area contributed by atoms with Gasteiger partial charge in [0.05, 0.1) is 5.69 Å². The van der Waals surface area contributed by atoms with Crippen LogP contribution < -0.4 is 27.5 Å². The highest BCUT2D eigenvalue weighted by Crippen LogP contribution is 2.27. The summed E-state index contributed by atoms with van der Waals surface area (Å²) in [5.41, 5.74) is 6.78. The Labute approximate surface area is 115 Å². The molecule has 2 rings (SSSR count). The second kappa shape index (κ2) is 5.57. The van der Waals surface area contributed by atoms with Crippen molar-refractivity contribution in [2.75, 3.05) is 5.73 Å². The lowest BCUT2D eigenvalue weighted by molar-refractivity contribution is -0.274. The summed E-state index contributed by atoms with van der Waals surface area (Å²) in [5.74, 6) is -0.260. The lowest BCUT2D eigenvalue weighted by Gasteiger charge is -2.08. The summed E-state index contributed by atoms with van der Waals surface area (Å²) in [5, 5.41) is 2.14. The Morgan fingerprint density at radius 2 is 1.78 bits per heavy atom. The maximum atomic E-state index is 11.9. The van der Waals surface area contributed by atoms with Crippen LogP contribution in [0.15, 0.2) is 29.6 Å². The van der Waals surface area contributed by atoms with Crippen molar-refractivity contribution in [2.45, 2.75) is 6.36 Å². The molecule has 0 aliphatic carbocycles. The number of hydrogen-bond donors (Lipinski definition) is 1. The molecule has 2 N–H and O–H groups in total. The number of ether oxygens (including phenoxy) is 1. The van der Waals surface area contributed by atoms with Crippen molar-refractivity contribution in [3.63, 3.8) is 0 Å². The normalized spacial score (nSPS) is 10.8. The van der Waals surface area contributed by atoms with Gasteiger partial charge in [0.2, 0.25) is 0 Å². The first-order valence-electron chi connectivity index (χ1n) is 4.51. The predicted octanol–water partition coefficient (Wildman–Crippen LogP) is 0.295. The van der Waals surface area contributed by atoms with Crippen LogP contribution >= 0.6 is 11.3 Å². The maximum Gasteiger partial charge on any atom is 0.573 e. The number of aromatic nitrogens is 1. The summed E-state index contributed by atoms with van der Waals surface area (Å²) in [4.78, 5) is 4.02. The molecule has 1 heterocycles. The van der Waals surface area contributed by atoms with Crippen LogP contribution in [-0.4, -0.2) is 11.3 Å². The number of nitrogens with two attached hydrogens (primary N) is 1. The molecule has 3 nitrogen and oxygen atoms in total. The fourth-order valence-corrected chi connectivity index (χ4v) is 1.82. The molecule has 2 aromatic rings. The molecular weight excluding hydrogens is 333 g/mol. The molecule has 1 aromatic heterocycles. The molecule has 0 bridgehead atoms. The molecule has 1 aromatic carbocycles. The first-order chi connectivity index (χ1) is 7.94. The molecule has 18 heavy (non-hydrogen) atoms. The fraction of sp³-hybridized carbons (Fsp3) is 0.100. The standard InChI is InChI=1S/C10H7F3N2OS.BrH/c11-10(12,13)16-7-3-1-6(2-4-7)8-5-17-9(14)15-8;/h1-5H,(H2,14,15);1H/p-1. The lowest BCUT2D eigenvalue weighted by Crippen LogP contribution is -3.00. The quantitative estimate of drug-likeness (QED) is 0.855. The van der Waals surface area contributed by atoms with Crippen molar-refractivity contribution in [1.82, 2.24) is 4.98 Å². The minimum Gasteiger partial charge on any atom is -1.00 e. The number of nitrogens with zero attached hydrogens (tertiary/aromatic N) is 1. The van der Waals surface area contributed by atoms with E-state index in [0.29, 0.717) is 16.4 Å². The second-order valence-electron chi connectivity index (χ2n) is 3.14. The molecule has 0 aliphatic heterocycles. The summed E-state index contributed by atoms with van der Waals surface area (Å²) in [7, 11) is 0. The van der Waals surface area contributed by atoms with E-state index < -0.39 is 6.36 Å². The van der Waals surface area contributed by atoms with E-state index in [1.165, 1.54) is 35.6 Å². The zero-order chi connectivity index (χ0) is 12.5. The van der Waals surface area contributed by atoms with Gasteiger partial charge in [0.25, 0.3) is 0 Å². The van der Waals surface area contributed by atoms with Crippen LogP contribution in [0.2, 0.25) is 0 Å². The van der Waals surface area contributed by atoms with Gasteiger partial charge in [-0.2, -0.15) is 0 Å². The van der Waals surface area contributed by atoms with E-state index in [1.807, 2.05) is 0 Å². The molecular formula is C10H7BrF3N2OS-. The molecule has 0 atom stereocenters. The molecule has 0 saturated carbocycles. The van der Waals surface area contributed by atoms with Gasteiger partial charge in [-0.05, 0) is 24.3 Å². The topological polar surface area (TPSA) is 48.1 Å². The first-order valence-corrected chi connectivity index (χ1v) is 5.39. The van der Waals surface area contributed by atoms with Crippen LogP contribution in [0.25, 0.3) is 11.3 Å². The SMILES string of the molecule is Nc1nc(-c2ccc(OC(F)(F)F)cc2)cs1.[Br-]. The van der Waals surface area contributed by atoms with Crippen LogP contribution in [0.1, 0.15) is 0 Å². The summed E-state index contributed by atoms with van der Waals surface area (Å²) < 4.78 is 39.5. The molecule has 98 valence electrons. The number of nitrogen functional groups attached to an aromatic ring is 1. The van der Waals surface area contributed by atoms with Gasteiger partial charge in [-0.3, -0.25) is 0 Å². The van der Waals surface area contributed by atoms with Gasteiger partial charge < -0.3 is 27.5 Å². The lowest BCUT2D eigenvalue weighted by atomic mass is 10.2. The van der Waals surface area contributed by atoms with Gasteiger partial charge in [-0.1, -0.05) is 0 Å². The highest BCUT2D eigenvalue weighted by atomic mass is 79.9. The highest BCUT2D eigenvalue weighted by molar-refractivity contribution is 7.13. The van der Waals surface area contributed by atoms with Gasteiger partial charge in [0.15, 0.2) is 5.13 Å². The monoisotopic (exact) mass is 339 g/mol. The van der Waals surface area contributed by atoms with E-state index in [9.17, 15) is 13.2 Å². The number of halogens is 4. The van der Waals surface area contributed by atoms with Crippen molar-refractivity contribution in [1.29, 1.82) is 0 Å². The van der Waals surface area contributed by atoms with Gasteiger partial charge in [-0.15, -0.1) is 24.5 Å². The van der Waals surface area contributed by atoms with Crippen molar-refractivity contribution < 1.29 is 34.9 Å². The molecule has 8 heteroatoms. The Hall–Kier alpha value is -1.28. The summed E-state index contributed by atoms with van der Waals surface area (Å²) >= 11 is 1.27. The van der Waals surface area contributed by atoms with Crippen molar-refractivity contribution >= 4 is 16.5 Å². The van der Waals surface area contributed by atoms with Crippen LogP contribution in [0, 0.1) is 0 Å². The van der Waals surface area contributed by atoms with Crippen LogP contribution in [0.5, 0.6) is 5.75 Å². The number of anilines is 1. The minimum atomic E-state index is -4.67. The molecule has 0 saturated heterocycles. The molecule has 0 amide bonds. The third kappa shape index (κ3) is 3.88. The third-order valence-electron chi connectivity index (χ3n) is 1.91. The van der Waals surface area contributed by atoms with E-state index in [1.54, 1.807) is 5.38 Å². The first kappa shape index (κ1) is 14.8. The number of thiazole rings is 1. The zero-order valence-corrected chi connectivity index (χ0v) is 11.1. The fourth-order valence-electron chi connectivity index (χ4n) is 1.25. The second-order valence-corrected chi connectivity index (χ2v) is 4.03. The van der Waals surface area contributed by atoms with Crippen LogP contribution in [0.4, 0.5) is 18.3 Å². The highest BCUT2D eigenvalue weighted by Gasteiger charge is 2.30.